The van der Waals surface area contributed by atoms with E-state index in [0.29, 0.717) is 11.1 Å². The molecule has 0 saturated heterocycles. The Labute approximate surface area is 144 Å². The molecule has 2 heterocycles. The second kappa shape index (κ2) is 6.20. The Kier molecular flexibility index (Phi) is 3.74. The van der Waals surface area contributed by atoms with Crippen LogP contribution >= 0.6 is 0 Å². The lowest BCUT2D eigenvalue weighted by molar-refractivity contribution is 0.0642. The number of para-hydroxylation sites is 1. The zero-order valence-corrected chi connectivity index (χ0v) is 13.3. The summed E-state index contributed by atoms with van der Waals surface area (Å²) in [5.41, 5.74) is 3.38. The summed E-state index contributed by atoms with van der Waals surface area (Å²) in [4.78, 5) is 30.5. The van der Waals surface area contributed by atoms with Gasteiger partial charge in [0.05, 0.1) is 17.7 Å². The molecule has 122 valence electrons. The van der Waals surface area contributed by atoms with Crippen molar-refractivity contribution in [3.05, 3.63) is 89.7 Å². The SMILES string of the molecule is O=C1c2ccc(Nc3ccccc3)cc2C(=O)N1Cc1cccnc1. The molecule has 0 bridgehead atoms. The molecule has 0 aliphatic carbocycles. The zero-order chi connectivity index (χ0) is 17.2. The maximum Gasteiger partial charge on any atom is 0.261 e. The van der Waals surface area contributed by atoms with E-state index in [-0.39, 0.29) is 18.4 Å². The number of nitrogens with one attached hydrogen (secondary N) is 1. The highest BCUT2D eigenvalue weighted by Crippen LogP contribution is 2.28. The lowest BCUT2D eigenvalue weighted by atomic mass is 10.1. The fourth-order valence-electron chi connectivity index (χ4n) is 2.87. The van der Waals surface area contributed by atoms with Crippen molar-refractivity contribution in [1.82, 2.24) is 9.88 Å². The largest absolute Gasteiger partial charge is 0.356 e. The summed E-state index contributed by atoms with van der Waals surface area (Å²) in [6.45, 7) is 0.224. The maximum atomic E-state index is 12.7. The van der Waals surface area contributed by atoms with Gasteiger partial charge in [-0.25, -0.2) is 0 Å². The first-order valence-corrected chi connectivity index (χ1v) is 7.93. The third kappa shape index (κ3) is 2.87. The molecule has 0 saturated carbocycles. The Morgan fingerprint density at radius 3 is 2.40 bits per heavy atom. The van der Waals surface area contributed by atoms with Gasteiger partial charge in [-0.15, -0.1) is 0 Å². The lowest BCUT2D eigenvalue weighted by Crippen LogP contribution is -2.29. The van der Waals surface area contributed by atoms with E-state index in [0.717, 1.165) is 16.9 Å². The van der Waals surface area contributed by atoms with E-state index in [4.69, 9.17) is 0 Å². The molecular weight excluding hydrogens is 314 g/mol. The predicted octanol–water partition coefficient (Wildman–Crippen LogP) is 3.62. The van der Waals surface area contributed by atoms with Crippen LogP contribution in [0.15, 0.2) is 73.1 Å². The van der Waals surface area contributed by atoms with Gasteiger partial charge >= 0.3 is 0 Å². The summed E-state index contributed by atoms with van der Waals surface area (Å²) < 4.78 is 0. The molecule has 0 spiro atoms. The number of anilines is 2. The van der Waals surface area contributed by atoms with Gasteiger partial charge in [-0.3, -0.25) is 19.5 Å². The minimum Gasteiger partial charge on any atom is -0.356 e. The molecule has 1 aliphatic heterocycles. The van der Waals surface area contributed by atoms with Crippen molar-refractivity contribution >= 4 is 23.2 Å². The number of pyridine rings is 1. The van der Waals surface area contributed by atoms with Crippen molar-refractivity contribution in [1.29, 1.82) is 0 Å². The molecular formula is C20H15N3O2. The van der Waals surface area contributed by atoms with Crippen LogP contribution in [0.4, 0.5) is 11.4 Å². The van der Waals surface area contributed by atoms with Gasteiger partial charge in [0.2, 0.25) is 0 Å². The summed E-state index contributed by atoms with van der Waals surface area (Å²) in [6, 6.07) is 18.5. The highest BCUT2D eigenvalue weighted by molar-refractivity contribution is 6.21. The molecule has 0 unspecified atom stereocenters. The normalized spacial score (nSPS) is 13.0. The number of nitrogens with zero attached hydrogens (tertiary/aromatic N) is 2. The Hall–Kier alpha value is -3.47. The quantitative estimate of drug-likeness (QED) is 0.743. The average Bonchev–Trinajstić information content (AvgIpc) is 2.88. The Morgan fingerprint density at radius 1 is 0.840 bits per heavy atom. The van der Waals surface area contributed by atoms with E-state index in [9.17, 15) is 9.59 Å². The van der Waals surface area contributed by atoms with E-state index in [1.165, 1.54) is 4.90 Å². The first-order chi connectivity index (χ1) is 12.2. The van der Waals surface area contributed by atoms with E-state index in [1.807, 2.05) is 42.5 Å². The number of imide groups is 1. The number of fused-ring (bicyclic) bond motifs is 1. The number of aromatic nitrogens is 1. The summed E-state index contributed by atoms with van der Waals surface area (Å²) in [7, 11) is 0. The third-order valence-electron chi connectivity index (χ3n) is 4.10. The molecule has 2 aromatic carbocycles. The van der Waals surface area contributed by atoms with Crippen LogP contribution in [-0.4, -0.2) is 21.7 Å². The summed E-state index contributed by atoms with van der Waals surface area (Å²) in [5, 5.41) is 3.24. The predicted molar refractivity (Wildman–Crippen MR) is 94.6 cm³/mol. The Morgan fingerprint density at radius 2 is 1.64 bits per heavy atom. The van der Waals surface area contributed by atoms with Crippen LogP contribution in [-0.2, 0) is 6.54 Å². The summed E-state index contributed by atoms with van der Waals surface area (Å²) in [6.07, 6.45) is 3.32. The molecule has 5 heteroatoms. The van der Waals surface area contributed by atoms with Crippen LogP contribution in [0.3, 0.4) is 0 Å². The van der Waals surface area contributed by atoms with Crippen molar-refractivity contribution in [2.24, 2.45) is 0 Å². The second-order valence-electron chi connectivity index (χ2n) is 5.81. The van der Waals surface area contributed by atoms with Gasteiger partial charge in [-0.2, -0.15) is 0 Å². The van der Waals surface area contributed by atoms with Gasteiger partial charge in [0.1, 0.15) is 0 Å². The van der Waals surface area contributed by atoms with Crippen molar-refractivity contribution in [3.8, 4) is 0 Å². The minimum atomic E-state index is -0.277. The third-order valence-corrected chi connectivity index (χ3v) is 4.10. The topological polar surface area (TPSA) is 62.3 Å². The summed E-state index contributed by atoms with van der Waals surface area (Å²) in [5.74, 6) is -0.546. The van der Waals surface area contributed by atoms with Gasteiger partial charge in [0, 0.05) is 23.8 Å². The van der Waals surface area contributed by atoms with Crippen LogP contribution in [0.2, 0.25) is 0 Å². The van der Waals surface area contributed by atoms with Gasteiger partial charge in [-0.05, 0) is 42.0 Å². The zero-order valence-electron chi connectivity index (χ0n) is 13.3. The van der Waals surface area contributed by atoms with Gasteiger partial charge < -0.3 is 5.32 Å². The first kappa shape index (κ1) is 15.1. The average molecular weight is 329 g/mol. The van der Waals surface area contributed by atoms with Gasteiger partial charge in [-0.1, -0.05) is 24.3 Å². The number of hydrogen-bond donors (Lipinski definition) is 1. The molecule has 0 fully saturated rings. The molecule has 25 heavy (non-hydrogen) atoms. The van der Waals surface area contributed by atoms with Crippen molar-refractivity contribution < 1.29 is 9.59 Å². The monoisotopic (exact) mass is 329 g/mol. The minimum absolute atomic E-state index is 0.224. The number of hydrogen-bond acceptors (Lipinski definition) is 4. The lowest BCUT2D eigenvalue weighted by Gasteiger charge is -2.13. The molecule has 1 N–H and O–H groups in total. The van der Waals surface area contributed by atoms with E-state index in [1.54, 1.807) is 30.6 Å². The molecule has 1 aliphatic rings. The molecule has 4 rings (SSSR count). The number of carbonyl (C=O) groups is 2. The number of rotatable bonds is 4. The van der Waals surface area contributed by atoms with Crippen LogP contribution in [0.1, 0.15) is 26.3 Å². The molecule has 2 amide bonds. The van der Waals surface area contributed by atoms with E-state index < -0.39 is 0 Å². The number of amides is 2. The van der Waals surface area contributed by atoms with Crippen molar-refractivity contribution in [2.45, 2.75) is 6.54 Å². The number of carbonyl (C=O) groups excluding carboxylic acids is 2. The molecule has 5 nitrogen and oxygen atoms in total. The molecule has 0 radical (unpaired) electrons. The molecule has 1 aromatic heterocycles. The second-order valence-corrected chi connectivity index (χ2v) is 5.81. The van der Waals surface area contributed by atoms with Crippen LogP contribution in [0.5, 0.6) is 0 Å². The maximum absolute atomic E-state index is 12.7. The van der Waals surface area contributed by atoms with E-state index >= 15 is 0 Å². The van der Waals surface area contributed by atoms with Gasteiger partial charge in [0.25, 0.3) is 11.8 Å². The fraction of sp³-hybridized carbons (Fsp3) is 0.0500. The Balaban J connectivity index is 1.60. The van der Waals surface area contributed by atoms with Crippen LogP contribution in [0, 0.1) is 0 Å². The van der Waals surface area contributed by atoms with Crippen molar-refractivity contribution in [2.75, 3.05) is 5.32 Å². The highest BCUT2D eigenvalue weighted by Gasteiger charge is 2.35. The first-order valence-electron chi connectivity index (χ1n) is 7.93. The fourth-order valence-corrected chi connectivity index (χ4v) is 2.87. The number of benzene rings is 2. The smallest absolute Gasteiger partial charge is 0.261 e. The summed E-state index contributed by atoms with van der Waals surface area (Å²) >= 11 is 0. The standard InChI is InChI=1S/C20H15N3O2/c24-19-17-9-8-16(22-15-6-2-1-3-7-15)11-18(17)20(25)23(19)13-14-5-4-10-21-12-14/h1-12,22H,13H2. The van der Waals surface area contributed by atoms with Crippen LogP contribution in [0.25, 0.3) is 0 Å². The van der Waals surface area contributed by atoms with Crippen LogP contribution < -0.4 is 5.32 Å². The Bertz CT molecular complexity index is 940. The highest BCUT2D eigenvalue weighted by atomic mass is 16.2. The van der Waals surface area contributed by atoms with Gasteiger partial charge in [0.15, 0.2) is 0 Å². The molecule has 0 atom stereocenters. The molecule has 3 aromatic rings. The van der Waals surface area contributed by atoms with Crippen molar-refractivity contribution in [3.63, 3.8) is 0 Å². The van der Waals surface area contributed by atoms with E-state index in [2.05, 4.69) is 10.3 Å².